The summed E-state index contributed by atoms with van der Waals surface area (Å²) in [5.74, 6) is 0.782. The molecule has 5 nitrogen and oxygen atoms in total. The average Bonchev–Trinajstić information content (AvgIpc) is 2.76. The molecule has 0 spiro atoms. The van der Waals surface area contributed by atoms with Crippen LogP contribution in [0.2, 0.25) is 10.2 Å². The molecule has 0 saturated carbocycles. The third-order valence-electron chi connectivity index (χ3n) is 4.09. The van der Waals surface area contributed by atoms with E-state index in [0.29, 0.717) is 28.8 Å². The number of rotatable bonds is 8. The van der Waals surface area contributed by atoms with Crippen molar-refractivity contribution in [1.82, 2.24) is 20.1 Å². The lowest BCUT2D eigenvalue weighted by molar-refractivity contribution is 0.173. The van der Waals surface area contributed by atoms with Crippen molar-refractivity contribution in [3.05, 3.63) is 21.9 Å². The van der Waals surface area contributed by atoms with Crippen LogP contribution in [0.4, 0.5) is 0 Å². The van der Waals surface area contributed by atoms with Crippen LogP contribution in [0.25, 0.3) is 0 Å². The standard InChI is InChI=1S/C17H31Cl2N5.HI/c1-12(2)24(13(3)4)9-7-8-21-17(20-5)22-11-14-10-15(18)16(19)23(14)6;/h10,12-13H,7-9,11H2,1-6H3,(H2,20,21,22);1H. The lowest BCUT2D eigenvalue weighted by Gasteiger charge is -2.30. The Hall–Kier alpha value is -0.180. The first-order valence-corrected chi connectivity index (χ1v) is 9.23. The van der Waals surface area contributed by atoms with Crippen molar-refractivity contribution in [2.75, 3.05) is 20.1 Å². The van der Waals surface area contributed by atoms with Gasteiger partial charge in [-0.05, 0) is 40.2 Å². The fraction of sp³-hybridized carbons (Fsp3) is 0.706. The highest BCUT2D eigenvalue weighted by Crippen LogP contribution is 2.24. The van der Waals surface area contributed by atoms with Gasteiger partial charge in [0.2, 0.25) is 0 Å². The first-order valence-electron chi connectivity index (χ1n) is 8.47. The van der Waals surface area contributed by atoms with Crippen LogP contribution in [0.15, 0.2) is 11.1 Å². The van der Waals surface area contributed by atoms with Gasteiger partial charge in [-0.25, -0.2) is 0 Å². The summed E-state index contributed by atoms with van der Waals surface area (Å²) in [6.07, 6.45) is 1.07. The number of aliphatic imine (C=N–C) groups is 1. The molecule has 0 aliphatic carbocycles. The van der Waals surface area contributed by atoms with Gasteiger partial charge in [-0.1, -0.05) is 23.2 Å². The van der Waals surface area contributed by atoms with Crippen molar-refractivity contribution in [2.45, 2.75) is 52.7 Å². The van der Waals surface area contributed by atoms with E-state index >= 15 is 0 Å². The van der Waals surface area contributed by atoms with Crippen LogP contribution >= 0.6 is 47.2 Å². The molecular formula is C17H32Cl2IN5. The predicted octanol–water partition coefficient (Wildman–Crippen LogP) is 4.12. The van der Waals surface area contributed by atoms with Gasteiger partial charge in [-0.15, -0.1) is 24.0 Å². The summed E-state index contributed by atoms with van der Waals surface area (Å²) in [7, 11) is 3.67. The highest BCUT2D eigenvalue weighted by molar-refractivity contribution is 14.0. The maximum Gasteiger partial charge on any atom is 0.191 e. The van der Waals surface area contributed by atoms with Gasteiger partial charge in [0.05, 0.1) is 11.6 Å². The van der Waals surface area contributed by atoms with E-state index in [9.17, 15) is 0 Å². The van der Waals surface area contributed by atoms with Crippen molar-refractivity contribution in [3.63, 3.8) is 0 Å². The summed E-state index contributed by atoms with van der Waals surface area (Å²) >= 11 is 12.1. The molecule has 0 bridgehead atoms. The van der Waals surface area contributed by atoms with Gasteiger partial charge in [0.25, 0.3) is 0 Å². The molecule has 0 atom stereocenters. The summed E-state index contributed by atoms with van der Waals surface area (Å²) in [6, 6.07) is 3.00. The SMILES string of the molecule is CN=C(NCCCN(C(C)C)C(C)C)NCc1cc(Cl)c(Cl)n1C.I. The van der Waals surface area contributed by atoms with Gasteiger partial charge in [-0.2, -0.15) is 0 Å². The zero-order valence-corrected chi connectivity index (χ0v) is 19.9. The monoisotopic (exact) mass is 503 g/mol. The Morgan fingerprint density at radius 1 is 1.20 bits per heavy atom. The van der Waals surface area contributed by atoms with E-state index in [-0.39, 0.29) is 24.0 Å². The van der Waals surface area contributed by atoms with Gasteiger partial charge >= 0.3 is 0 Å². The van der Waals surface area contributed by atoms with Crippen LogP contribution in [0.3, 0.4) is 0 Å². The number of hydrogen-bond acceptors (Lipinski definition) is 2. The normalized spacial score (nSPS) is 12.0. The van der Waals surface area contributed by atoms with Crippen molar-refractivity contribution >= 4 is 53.1 Å². The van der Waals surface area contributed by atoms with Crippen molar-refractivity contribution in [2.24, 2.45) is 12.0 Å². The molecule has 1 rings (SSSR count). The van der Waals surface area contributed by atoms with Gasteiger partial charge in [0.15, 0.2) is 5.96 Å². The highest BCUT2D eigenvalue weighted by atomic mass is 127. The molecule has 25 heavy (non-hydrogen) atoms. The second-order valence-electron chi connectivity index (χ2n) is 6.46. The number of halogens is 3. The molecule has 0 fully saturated rings. The second-order valence-corrected chi connectivity index (χ2v) is 7.23. The molecule has 0 aromatic carbocycles. The largest absolute Gasteiger partial charge is 0.356 e. The van der Waals surface area contributed by atoms with Crippen LogP contribution in [0.1, 0.15) is 39.8 Å². The van der Waals surface area contributed by atoms with Gasteiger partial charge in [0, 0.05) is 45.0 Å². The van der Waals surface area contributed by atoms with E-state index in [0.717, 1.165) is 31.2 Å². The quantitative estimate of drug-likeness (QED) is 0.243. The van der Waals surface area contributed by atoms with E-state index in [1.165, 1.54) is 0 Å². The topological polar surface area (TPSA) is 44.6 Å². The summed E-state index contributed by atoms with van der Waals surface area (Å²) < 4.78 is 1.87. The summed E-state index contributed by atoms with van der Waals surface area (Å²) in [6.45, 7) is 11.5. The first kappa shape index (κ1) is 24.8. The fourth-order valence-electron chi connectivity index (χ4n) is 2.73. The molecule has 1 aromatic heterocycles. The third-order valence-corrected chi connectivity index (χ3v) is 4.93. The maximum absolute atomic E-state index is 6.08. The molecule has 8 heteroatoms. The number of aromatic nitrogens is 1. The van der Waals surface area contributed by atoms with E-state index in [1.54, 1.807) is 7.05 Å². The summed E-state index contributed by atoms with van der Waals surface area (Å²) in [4.78, 5) is 6.75. The minimum Gasteiger partial charge on any atom is -0.356 e. The molecule has 2 N–H and O–H groups in total. The Labute approximate surface area is 179 Å². The summed E-state index contributed by atoms with van der Waals surface area (Å²) in [5, 5.41) is 7.76. The molecule has 0 saturated heterocycles. The molecule has 0 aliphatic heterocycles. The average molecular weight is 504 g/mol. The lowest BCUT2D eigenvalue weighted by Crippen LogP contribution is -2.41. The van der Waals surface area contributed by atoms with Crippen LogP contribution in [0.5, 0.6) is 0 Å². The van der Waals surface area contributed by atoms with Crippen LogP contribution < -0.4 is 10.6 Å². The maximum atomic E-state index is 6.08. The van der Waals surface area contributed by atoms with Crippen LogP contribution in [-0.4, -0.2) is 47.6 Å². The molecule has 146 valence electrons. The Bertz CT molecular complexity index is 535. The first-order chi connectivity index (χ1) is 11.3. The number of hydrogen-bond donors (Lipinski definition) is 2. The molecule has 0 unspecified atom stereocenters. The van der Waals surface area contributed by atoms with Gasteiger partial charge in [0.1, 0.15) is 5.15 Å². The van der Waals surface area contributed by atoms with Gasteiger partial charge in [-0.3, -0.25) is 9.89 Å². The summed E-state index contributed by atoms with van der Waals surface area (Å²) in [5.41, 5.74) is 1.01. The molecule has 0 amide bonds. The van der Waals surface area contributed by atoms with Crippen molar-refractivity contribution < 1.29 is 0 Å². The molecule has 0 aliphatic rings. The van der Waals surface area contributed by atoms with E-state index in [2.05, 4.69) is 48.2 Å². The molecule has 0 radical (unpaired) electrons. The molecule has 1 heterocycles. The predicted molar refractivity (Wildman–Crippen MR) is 121 cm³/mol. The number of nitrogens with zero attached hydrogens (tertiary/aromatic N) is 3. The van der Waals surface area contributed by atoms with Crippen LogP contribution in [0, 0.1) is 0 Å². The van der Waals surface area contributed by atoms with Crippen molar-refractivity contribution in [3.8, 4) is 0 Å². The number of guanidine groups is 1. The van der Waals surface area contributed by atoms with Crippen LogP contribution in [-0.2, 0) is 13.6 Å². The molecular weight excluding hydrogens is 472 g/mol. The zero-order valence-electron chi connectivity index (χ0n) is 16.1. The Morgan fingerprint density at radius 3 is 2.24 bits per heavy atom. The van der Waals surface area contributed by atoms with E-state index in [4.69, 9.17) is 23.2 Å². The second kappa shape index (κ2) is 12.3. The Morgan fingerprint density at radius 2 is 1.80 bits per heavy atom. The Kier molecular flexibility index (Phi) is 12.2. The smallest absolute Gasteiger partial charge is 0.191 e. The van der Waals surface area contributed by atoms with Crippen molar-refractivity contribution in [1.29, 1.82) is 0 Å². The van der Waals surface area contributed by atoms with E-state index < -0.39 is 0 Å². The highest BCUT2D eigenvalue weighted by Gasteiger charge is 2.12. The number of nitrogens with one attached hydrogen (secondary N) is 2. The van der Waals surface area contributed by atoms with E-state index in [1.807, 2.05) is 17.7 Å². The third kappa shape index (κ3) is 7.93. The Balaban J connectivity index is 0.00000576. The fourth-order valence-corrected chi connectivity index (χ4v) is 3.15. The minimum absolute atomic E-state index is 0. The minimum atomic E-state index is 0. The van der Waals surface area contributed by atoms with Gasteiger partial charge < -0.3 is 15.2 Å². The lowest BCUT2D eigenvalue weighted by atomic mass is 10.2. The molecule has 1 aromatic rings. The zero-order chi connectivity index (χ0) is 18.3.